The Bertz CT molecular complexity index is 482. The molecule has 0 N–H and O–H groups in total. The van der Waals surface area contributed by atoms with E-state index >= 15 is 0 Å². The van der Waals surface area contributed by atoms with Gasteiger partial charge in [0.15, 0.2) is 0 Å². The van der Waals surface area contributed by atoms with Crippen LogP contribution in [0.4, 0.5) is 0 Å². The third-order valence-electron chi connectivity index (χ3n) is 4.96. The average molecular weight is 289 g/mol. The zero-order chi connectivity index (χ0) is 14.9. The Balaban J connectivity index is 3.35. The van der Waals surface area contributed by atoms with Gasteiger partial charge in [-0.2, -0.15) is 0 Å². The van der Waals surface area contributed by atoms with Crippen molar-refractivity contribution in [1.82, 2.24) is 0 Å². The molecule has 0 saturated carbocycles. The minimum atomic E-state index is -1.48. The molecule has 0 fully saturated rings. The zero-order valence-corrected chi connectivity index (χ0v) is 15.4. The van der Waals surface area contributed by atoms with Gasteiger partial charge in [0.25, 0.3) is 0 Å². The lowest BCUT2D eigenvalue weighted by atomic mass is 10.0. The molecule has 1 aromatic carbocycles. The van der Waals surface area contributed by atoms with Crippen molar-refractivity contribution < 1.29 is 0 Å². The molecule has 0 heterocycles. The van der Waals surface area contributed by atoms with Crippen LogP contribution in [0.1, 0.15) is 19.4 Å². The third-order valence-corrected chi connectivity index (χ3v) is 12.3. The monoisotopic (exact) mass is 288 g/mol. The molecule has 0 radical (unpaired) electrons. The maximum Gasteiger partial charge on any atom is 0.103 e. The fraction of sp³-hybridized carbons (Fsp3) is 0.412. The maximum atomic E-state index is 4.07. The molecule has 0 aromatic heterocycles. The Morgan fingerprint density at radius 1 is 1.00 bits per heavy atom. The Morgan fingerprint density at radius 2 is 1.58 bits per heavy atom. The summed E-state index contributed by atoms with van der Waals surface area (Å²) in [5.41, 5.74) is 5.81. The summed E-state index contributed by atoms with van der Waals surface area (Å²) >= 11 is 0. The molecule has 0 aliphatic rings. The van der Waals surface area contributed by atoms with Crippen molar-refractivity contribution in [3.05, 3.63) is 54.4 Å². The van der Waals surface area contributed by atoms with E-state index in [1.165, 1.54) is 10.8 Å². The van der Waals surface area contributed by atoms with Crippen LogP contribution in [0.5, 0.6) is 0 Å². The van der Waals surface area contributed by atoms with Crippen molar-refractivity contribution in [3.63, 3.8) is 0 Å². The largest absolute Gasteiger partial charge is 0.107 e. The van der Waals surface area contributed by atoms with Gasteiger partial charge in [0.05, 0.1) is 8.07 Å². The highest BCUT2D eigenvalue weighted by Gasteiger charge is 2.38. The van der Waals surface area contributed by atoms with Gasteiger partial charge in [-0.15, -0.1) is 18.9 Å². The zero-order valence-electron chi connectivity index (χ0n) is 13.4. The van der Waals surface area contributed by atoms with Gasteiger partial charge in [0.2, 0.25) is 0 Å². The van der Waals surface area contributed by atoms with E-state index in [1.54, 1.807) is 0 Å². The van der Waals surface area contributed by atoms with Gasteiger partial charge < -0.3 is 0 Å². The number of hydrogen-bond donors (Lipinski definition) is 0. The maximum absolute atomic E-state index is 4.07. The van der Waals surface area contributed by atoms with Gasteiger partial charge in [0.1, 0.15) is 8.07 Å². The molecule has 0 saturated heterocycles. The van der Waals surface area contributed by atoms with Crippen molar-refractivity contribution in [2.24, 2.45) is 0 Å². The summed E-state index contributed by atoms with van der Waals surface area (Å²) in [5, 5.41) is 1.68. The lowest BCUT2D eigenvalue weighted by molar-refractivity contribution is 0.726. The van der Waals surface area contributed by atoms with Gasteiger partial charge in [-0.05, 0) is 10.6 Å². The van der Waals surface area contributed by atoms with E-state index < -0.39 is 16.1 Å². The standard InChI is InChI=1S/C17H28Si2/c1-9-18(5,6)16-13-11-12-15(14-16)17(3,4)19(7,8)10-2/h9-14H,1-2H2,3-8H3. The van der Waals surface area contributed by atoms with Gasteiger partial charge in [-0.3, -0.25) is 0 Å². The van der Waals surface area contributed by atoms with E-state index in [9.17, 15) is 0 Å². The molecule has 19 heavy (non-hydrogen) atoms. The molecule has 0 aliphatic carbocycles. The van der Waals surface area contributed by atoms with Crippen LogP contribution < -0.4 is 5.19 Å². The van der Waals surface area contributed by atoms with Crippen LogP contribution in [0.2, 0.25) is 26.2 Å². The summed E-state index contributed by atoms with van der Waals surface area (Å²) < 4.78 is 0. The second kappa shape index (κ2) is 5.25. The van der Waals surface area contributed by atoms with Crippen LogP contribution in [0, 0.1) is 0 Å². The summed E-state index contributed by atoms with van der Waals surface area (Å²) in [4.78, 5) is 0. The van der Waals surface area contributed by atoms with Gasteiger partial charge >= 0.3 is 0 Å². The molecule has 0 unspecified atom stereocenters. The van der Waals surface area contributed by atoms with Gasteiger partial charge in [-0.1, -0.05) is 75.2 Å². The average Bonchev–Trinajstić information content (AvgIpc) is 2.38. The highest BCUT2D eigenvalue weighted by Crippen LogP contribution is 2.34. The highest BCUT2D eigenvalue weighted by molar-refractivity contribution is 6.93. The minimum absolute atomic E-state index is 0.205. The molecule has 0 atom stereocenters. The summed E-state index contributed by atoms with van der Waals surface area (Å²) in [6.45, 7) is 22.3. The quantitative estimate of drug-likeness (QED) is 0.696. The van der Waals surface area contributed by atoms with E-state index in [2.05, 4.69) is 88.9 Å². The van der Waals surface area contributed by atoms with Crippen LogP contribution in [0.15, 0.2) is 48.8 Å². The molecule has 0 aliphatic heterocycles. The lowest BCUT2D eigenvalue weighted by Crippen LogP contribution is -2.47. The van der Waals surface area contributed by atoms with Crippen molar-refractivity contribution in [3.8, 4) is 0 Å². The number of rotatable bonds is 5. The van der Waals surface area contributed by atoms with E-state index in [1.807, 2.05) is 0 Å². The molecular formula is C17H28Si2. The topological polar surface area (TPSA) is 0 Å². The first-order valence-electron chi connectivity index (χ1n) is 6.97. The van der Waals surface area contributed by atoms with Crippen LogP contribution in [0.3, 0.4) is 0 Å². The predicted molar refractivity (Wildman–Crippen MR) is 94.5 cm³/mol. The van der Waals surface area contributed by atoms with Crippen molar-refractivity contribution in [2.45, 2.75) is 45.1 Å². The van der Waals surface area contributed by atoms with Crippen LogP contribution in [0.25, 0.3) is 0 Å². The second-order valence-electron chi connectivity index (χ2n) is 7.06. The molecular weight excluding hydrogens is 260 g/mol. The van der Waals surface area contributed by atoms with Crippen LogP contribution in [-0.4, -0.2) is 16.1 Å². The van der Waals surface area contributed by atoms with E-state index in [0.717, 1.165) is 0 Å². The Hall–Kier alpha value is -0.866. The summed E-state index contributed by atoms with van der Waals surface area (Å²) in [6, 6.07) is 9.15. The smallest absolute Gasteiger partial charge is 0.103 e. The van der Waals surface area contributed by atoms with Crippen molar-refractivity contribution >= 4 is 21.3 Å². The molecule has 0 nitrogen and oxygen atoms in total. The highest BCUT2D eigenvalue weighted by atomic mass is 28.3. The second-order valence-corrected chi connectivity index (χ2v) is 16.6. The van der Waals surface area contributed by atoms with E-state index in [-0.39, 0.29) is 5.04 Å². The molecule has 0 spiro atoms. The Morgan fingerprint density at radius 3 is 2.05 bits per heavy atom. The van der Waals surface area contributed by atoms with E-state index in [0.29, 0.717) is 0 Å². The fourth-order valence-corrected chi connectivity index (χ4v) is 4.75. The molecule has 0 bridgehead atoms. The fourth-order valence-electron chi connectivity index (χ4n) is 2.05. The molecule has 2 heteroatoms. The third kappa shape index (κ3) is 3.01. The summed E-state index contributed by atoms with van der Waals surface area (Å²) in [5.74, 6) is 0. The Labute approximate surface area is 121 Å². The number of benzene rings is 1. The number of hydrogen-bond acceptors (Lipinski definition) is 0. The van der Waals surface area contributed by atoms with Gasteiger partial charge in [-0.25, -0.2) is 0 Å². The van der Waals surface area contributed by atoms with Crippen molar-refractivity contribution in [1.29, 1.82) is 0 Å². The summed E-state index contributed by atoms with van der Waals surface area (Å²) in [6.07, 6.45) is 0. The SMILES string of the molecule is C=C[Si](C)(C)c1cccc(C(C)(C)[Si](C)(C)C=C)c1. The molecule has 1 rings (SSSR count). The summed E-state index contributed by atoms with van der Waals surface area (Å²) in [7, 11) is -2.96. The molecule has 104 valence electrons. The normalized spacial score (nSPS) is 13.2. The first-order chi connectivity index (χ1) is 8.58. The lowest BCUT2D eigenvalue weighted by Gasteiger charge is -2.39. The first kappa shape index (κ1) is 16.2. The predicted octanol–water partition coefficient (Wildman–Crippen LogP) is 4.58. The minimum Gasteiger partial charge on any atom is -0.107 e. The molecule has 1 aromatic rings. The van der Waals surface area contributed by atoms with Gasteiger partial charge in [0, 0.05) is 0 Å². The van der Waals surface area contributed by atoms with E-state index in [4.69, 9.17) is 0 Å². The van der Waals surface area contributed by atoms with Crippen molar-refractivity contribution in [2.75, 3.05) is 0 Å². The Kier molecular flexibility index (Phi) is 4.48. The van der Waals surface area contributed by atoms with Crippen LogP contribution in [-0.2, 0) is 5.04 Å². The molecule has 0 amide bonds. The first-order valence-corrected chi connectivity index (χ1v) is 13.1. The van der Waals surface area contributed by atoms with Crippen LogP contribution >= 0.6 is 0 Å².